The van der Waals surface area contributed by atoms with Gasteiger partial charge in [0.1, 0.15) is 0 Å². The molecule has 7 heteroatoms. The predicted molar refractivity (Wildman–Crippen MR) is 84.3 cm³/mol. The van der Waals surface area contributed by atoms with Crippen LogP contribution in [0, 0.1) is 27.7 Å². The van der Waals surface area contributed by atoms with Crippen molar-refractivity contribution >= 4 is 21.4 Å². The molecule has 0 radical (unpaired) electrons. The Bertz CT molecular complexity index is 736. The standard InChI is InChI=1S/C14H20N4O2S/c1-8-6-12(15-5)7-9(2)14(8)21(19,20)18-13-10(3)16-17-11(13)4/h6-7,15,18H,1-5H3,(H,16,17). The molecule has 0 aliphatic rings. The molecule has 0 unspecified atom stereocenters. The first kappa shape index (κ1) is 15.4. The molecule has 21 heavy (non-hydrogen) atoms. The monoisotopic (exact) mass is 308 g/mol. The van der Waals surface area contributed by atoms with Crippen molar-refractivity contribution in [2.45, 2.75) is 32.6 Å². The number of benzene rings is 1. The summed E-state index contributed by atoms with van der Waals surface area (Å²) in [5, 5.41) is 9.80. The second kappa shape index (κ2) is 5.40. The van der Waals surface area contributed by atoms with Crippen LogP contribution in [0.1, 0.15) is 22.5 Å². The van der Waals surface area contributed by atoms with Gasteiger partial charge < -0.3 is 5.32 Å². The number of aryl methyl sites for hydroxylation is 4. The fourth-order valence-corrected chi connectivity index (χ4v) is 4.04. The molecule has 0 bridgehead atoms. The lowest BCUT2D eigenvalue weighted by molar-refractivity contribution is 0.600. The molecule has 0 amide bonds. The topological polar surface area (TPSA) is 86.9 Å². The van der Waals surface area contributed by atoms with Gasteiger partial charge in [-0.05, 0) is 51.0 Å². The maximum Gasteiger partial charge on any atom is 0.262 e. The van der Waals surface area contributed by atoms with Crippen molar-refractivity contribution in [2.75, 3.05) is 17.1 Å². The van der Waals surface area contributed by atoms with Crippen LogP contribution in [0.25, 0.3) is 0 Å². The third-order valence-electron chi connectivity index (χ3n) is 3.38. The van der Waals surface area contributed by atoms with E-state index in [0.717, 1.165) is 5.69 Å². The Morgan fingerprint density at radius 1 is 1.10 bits per heavy atom. The van der Waals surface area contributed by atoms with Crippen LogP contribution in [-0.4, -0.2) is 25.7 Å². The second-order valence-electron chi connectivity index (χ2n) is 5.10. The summed E-state index contributed by atoms with van der Waals surface area (Å²) in [4.78, 5) is 0.307. The van der Waals surface area contributed by atoms with Crippen molar-refractivity contribution in [3.8, 4) is 0 Å². The zero-order chi connectivity index (χ0) is 15.8. The zero-order valence-electron chi connectivity index (χ0n) is 12.8. The first-order chi connectivity index (χ1) is 9.76. The summed E-state index contributed by atoms with van der Waals surface area (Å²) in [5.74, 6) is 0. The third-order valence-corrected chi connectivity index (χ3v) is 5.04. The number of sulfonamides is 1. The molecule has 6 nitrogen and oxygen atoms in total. The van der Waals surface area contributed by atoms with Crippen LogP contribution < -0.4 is 10.0 Å². The molecule has 2 aromatic rings. The van der Waals surface area contributed by atoms with Crippen molar-refractivity contribution in [2.24, 2.45) is 0 Å². The van der Waals surface area contributed by atoms with Crippen LogP contribution in [0.15, 0.2) is 17.0 Å². The van der Waals surface area contributed by atoms with E-state index in [1.165, 1.54) is 0 Å². The molecule has 1 aromatic heterocycles. The van der Waals surface area contributed by atoms with Crippen molar-refractivity contribution in [1.29, 1.82) is 0 Å². The minimum absolute atomic E-state index is 0.307. The summed E-state index contributed by atoms with van der Waals surface area (Å²) in [7, 11) is -1.85. The van der Waals surface area contributed by atoms with Crippen molar-refractivity contribution < 1.29 is 8.42 Å². The summed E-state index contributed by atoms with van der Waals surface area (Å²) < 4.78 is 28.0. The summed E-state index contributed by atoms with van der Waals surface area (Å²) in [6, 6.07) is 3.63. The summed E-state index contributed by atoms with van der Waals surface area (Å²) in [5.41, 5.74) is 4.11. The quantitative estimate of drug-likeness (QED) is 0.810. The zero-order valence-corrected chi connectivity index (χ0v) is 13.6. The highest BCUT2D eigenvalue weighted by Crippen LogP contribution is 2.27. The van der Waals surface area contributed by atoms with Crippen LogP contribution >= 0.6 is 0 Å². The molecule has 114 valence electrons. The molecule has 0 saturated heterocycles. The largest absolute Gasteiger partial charge is 0.388 e. The van der Waals surface area contributed by atoms with E-state index in [0.29, 0.717) is 33.1 Å². The van der Waals surface area contributed by atoms with Gasteiger partial charge in [0, 0.05) is 12.7 Å². The highest BCUT2D eigenvalue weighted by atomic mass is 32.2. The lowest BCUT2D eigenvalue weighted by Crippen LogP contribution is -2.16. The summed E-state index contributed by atoms with van der Waals surface area (Å²) in [6.45, 7) is 7.11. The number of aromatic nitrogens is 2. The molecule has 0 spiro atoms. The van der Waals surface area contributed by atoms with Crippen LogP contribution in [0.4, 0.5) is 11.4 Å². The molecule has 0 aliphatic carbocycles. The first-order valence-corrected chi connectivity index (χ1v) is 8.08. The molecule has 0 aliphatic heterocycles. The fraction of sp³-hybridized carbons (Fsp3) is 0.357. The molecule has 1 aromatic carbocycles. The normalized spacial score (nSPS) is 11.5. The molecule has 1 heterocycles. The minimum atomic E-state index is -3.65. The number of hydrogen-bond acceptors (Lipinski definition) is 4. The number of H-pyrrole nitrogens is 1. The molecule has 2 rings (SSSR count). The van der Waals surface area contributed by atoms with Crippen LogP contribution in [0.5, 0.6) is 0 Å². The lowest BCUT2D eigenvalue weighted by atomic mass is 10.1. The summed E-state index contributed by atoms with van der Waals surface area (Å²) in [6.07, 6.45) is 0. The van der Waals surface area contributed by atoms with Gasteiger partial charge in [-0.1, -0.05) is 0 Å². The second-order valence-corrected chi connectivity index (χ2v) is 6.72. The molecule has 0 fully saturated rings. The molecular formula is C14H20N4O2S. The van der Waals surface area contributed by atoms with Gasteiger partial charge in [-0.15, -0.1) is 0 Å². The number of hydrogen-bond donors (Lipinski definition) is 3. The van der Waals surface area contributed by atoms with E-state index in [1.807, 2.05) is 12.1 Å². The SMILES string of the molecule is CNc1cc(C)c(S(=O)(=O)Nc2c(C)n[nH]c2C)c(C)c1. The molecular weight excluding hydrogens is 288 g/mol. The van der Waals surface area contributed by atoms with Gasteiger partial charge in [-0.3, -0.25) is 9.82 Å². The van der Waals surface area contributed by atoms with Gasteiger partial charge in [0.15, 0.2) is 0 Å². The minimum Gasteiger partial charge on any atom is -0.388 e. The predicted octanol–water partition coefficient (Wildman–Crippen LogP) is 2.49. The Labute approximate surface area is 125 Å². The van der Waals surface area contributed by atoms with E-state index in [-0.39, 0.29) is 0 Å². The van der Waals surface area contributed by atoms with Crippen molar-refractivity contribution in [3.63, 3.8) is 0 Å². The number of nitrogens with zero attached hydrogens (tertiary/aromatic N) is 1. The van der Waals surface area contributed by atoms with Crippen LogP contribution in [-0.2, 0) is 10.0 Å². The Morgan fingerprint density at radius 2 is 1.67 bits per heavy atom. The maximum absolute atomic E-state index is 12.7. The van der Waals surface area contributed by atoms with Crippen LogP contribution in [0.2, 0.25) is 0 Å². The highest BCUT2D eigenvalue weighted by molar-refractivity contribution is 7.92. The van der Waals surface area contributed by atoms with Gasteiger partial charge in [0.25, 0.3) is 10.0 Å². The van der Waals surface area contributed by atoms with E-state index in [1.54, 1.807) is 34.7 Å². The summed E-state index contributed by atoms with van der Waals surface area (Å²) >= 11 is 0. The van der Waals surface area contributed by atoms with Crippen molar-refractivity contribution in [1.82, 2.24) is 10.2 Å². The number of rotatable bonds is 4. The Kier molecular flexibility index (Phi) is 3.95. The number of anilines is 2. The van der Waals surface area contributed by atoms with Gasteiger partial charge in [0.2, 0.25) is 0 Å². The van der Waals surface area contributed by atoms with E-state index in [9.17, 15) is 8.42 Å². The molecule has 0 saturated carbocycles. The third kappa shape index (κ3) is 2.87. The highest BCUT2D eigenvalue weighted by Gasteiger charge is 2.22. The van der Waals surface area contributed by atoms with E-state index < -0.39 is 10.0 Å². The Hall–Kier alpha value is -2.02. The number of nitrogens with one attached hydrogen (secondary N) is 3. The van der Waals surface area contributed by atoms with Crippen LogP contribution in [0.3, 0.4) is 0 Å². The fourth-order valence-electron chi connectivity index (χ4n) is 2.41. The smallest absolute Gasteiger partial charge is 0.262 e. The van der Waals surface area contributed by atoms with Crippen molar-refractivity contribution in [3.05, 3.63) is 34.6 Å². The van der Waals surface area contributed by atoms with Gasteiger partial charge in [-0.25, -0.2) is 8.42 Å². The Morgan fingerprint density at radius 3 is 2.10 bits per heavy atom. The maximum atomic E-state index is 12.7. The molecule has 0 atom stereocenters. The molecule has 3 N–H and O–H groups in total. The Balaban J connectivity index is 2.50. The van der Waals surface area contributed by atoms with Gasteiger partial charge in [-0.2, -0.15) is 5.10 Å². The lowest BCUT2D eigenvalue weighted by Gasteiger charge is -2.14. The van der Waals surface area contributed by atoms with E-state index in [4.69, 9.17) is 0 Å². The average molecular weight is 308 g/mol. The number of aromatic amines is 1. The van der Waals surface area contributed by atoms with Gasteiger partial charge in [0.05, 0.1) is 22.0 Å². The average Bonchev–Trinajstić information content (AvgIpc) is 2.68. The van der Waals surface area contributed by atoms with E-state index in [2.05, 4.69) is 20.2 Å². The van der Waals surface area contributed by atoms with Gasteiger partial charge >= 0.3 is 0 Å². The van der Waals surface area contributed by atoms with E-state index >= 15 is 0 Å². The first-order valence-electron chi connectivity index (χ1n) is 6.59.